The first kappa shape index (κ1) is 15.7. The third-order valence-electron chi connectivity index (χ3n) is 3.42. The van der Waals surface area contributed by atoms with Crippen LogP contribution in [0.4, 0.5) is 0 Å². The van der Waals surface area contributed by atoms with Crippen molar-refractivity contribution in [2.75, 3.05) is 6.54 Å². The number of hydrogen-bond donors (Lipinski definition) is 1. The molecule has 0 fully saturated rings. The maximum atomic E-state index is 12.2. The van der Waals surface area contributed by atoms with Crippen LogP contribution in [0.25, 0.3) is 0 Å². The van der Waals surface area contributed by atoms with Crippen LogP contribution in [0.5, 0.6) is 0 Å². The molecule has 0 saturated carbocycles. The molecule has 0 aliphatic carbocycles. The smallest absolute Gasteiger partial charge is 0.243 e. The SMILES string of the molecule is CCn1ncc(S(=O)(=O)NCCCc2ccccc2)c1C. The topological polar surface area (TPSA) is 64.0 Å². The molecular formula is C15H21N3O2S. The number of hydrogen-bond acceptors (Lipinski definition) is 3. The summed E-state index contributed by atoms with van der Waals surface area (Å²) >= 11 is 0. The molecule has 0 saturated heterocycles. The predicted molar refractivity (Wildman–Crippen MR) is 82.6 cm³/mol. The van der Waals surface area contributed by atoms with Gasteiger partial charge in [0.15, 0.2) is 0 Å². The highest BCUT2D eigenvalue weighted by Crippen LogP contribution is 2.14. The molecule has 0 aliphatic rings. The molecule has 1 N–H and O–H groups in total. The van der Waals surface area contributed by atoms with Gasteiger partial charge in [0.1, 0.15) is 4.90 Å². The largest absolute Gasteiger partial charge is 0.269 e. The van der Waals surface area contributed by atoms with E-state index in [1.165, 1.54) is 11.8 Å². The fraction of sp³-hybridized carbons (Fsp3) is 0.400. The second kappa shape index (κ2) is 6.87. The summed E-state index contributed by atoms with van der Waals surface area (Å²) in [7, 11) is -3.47. The number of benzene rings is 1. The van der Waals surface area contributed by atoms with Crippen molar-refractivity contribution in [1.82, 2.24) is 14.5 Å². The number of nitrogens with one attached hydrogen (secondary N) is 1. The molecule has 0 bridgehead atoms. The van der Waals surface area contributed by atoms with E-state index in [2.05, 4.69) is 9.82 Å². The highest BCUT2D eigenvalue weighted by atomic mass is 32.2. The summed E-state index contributed by atoms with van der Waals surface area (Å²) in [6, 6.07) is 10.0. The molecule has 114 valence electrons. The summed E-state index contributed by atoms with van der Waals surface area (Å²) < 4.78 is 28.8. The Balaban J connectivity index is 1.91. The minimum Gasteiger partial charge on any atom is -0.269 e. The van der Waals surface area contributed by atoms with Crippen molar-refractivity contribution in [1.29, 1.82) is 0 Å². The normalized spacial score (nSPS) is 11.7. The Kier molecular flexibility index (Phi) is 5.14. The van der Waals surface area contributed by atoms with Gasteiger partial charge in [-0.1, -0.05) is 30.3 Å². The lowest BCUT2D eigenvalue weighted by atomic mass is 10.1. The molecule has 21 heavy (non-hydrogen) atoms. The van der Waals surface area contributed by atoms with Crippen LogP contribution in [0, 0.1) is 6.92 Å². The molecule has 2 aromatic rings. The Morgan fingerprint density at radius 3 is 2.57 bits per heavy atom. The zero-order chi connectivity index (χ0) is 15.3. The first-order valence-corrected chi connectivity index (χ1v) is 8.59. The third-order valence-corrected chi connectivity index (χ3v) is 4.99. The molecule has 0 unspecified atom stereocenters. The van der Waals surface area contributed by atoms with Crippen LogP contribution in [0.15, 0.2) is 41.4 Å². The van der Waals surface area contributed by atoms with Crippen LogP contribution in [-0.4, -0.2) is 24.7 Å². The zero-order valence-electron chi connectivity index (χ0n) is 12.4. The Hall–Kier alpha value is -1.66. The fourth-order valence-corrected chi connectivity index (χ4v) is 3.48. The highest BCUT2D eigenvalue weighted by Gasteiger charge is 2.19. The zero-order valence-corrected chi connectivity index (χ0v) is 13.2. The molecule has 0 spiro atoms. The number of sulfonamides is 1. The van der Waals surface area contributed by atoms with Gasteiger partial charge in [0.05, 0.1) is 11.9 Å². The van der Waals surface area contributed by atoms with Crippen molar-refractivity contribution in [3.8, 4) is 0 Å². The van der Waals surface area contributed by atoms with E-state index in [1.807, 2.05) is 37.3 Å². The number of aryl methyl sites for hydroxylation is 2. The third kappa shape index (κ3) is 3.92. The lowest BCUT2D eigenvalue weighted by molar-refractivity contribution is 0.577. The van der Waals surface area contributed by atoms with Gasteiger partial charge < -0.3 is 0 Å². The van der Waals surface area contributed by atoms with Crippen LogP contribution < -0.4 is 4.72 Å². The lowest BCUT2D eigenvalue weighted by Crippen LogP contribution is -2.25. The summed E-state index contributed by atoms with van der Waals surface area (Å²) in [5.41, 5.74) is 1.89. The number of nitrogens with zero attached hydrogens (tertiary/aromatic N) is 2. The molecule has 1 aromatic carbocycles. The van der Waals surface area contributed by atoms with E-state index in [4.69, 9.17) is 0 Å². The minimum atomic E-state index is -3.47. The maximum Gasteiger partial charge on any atom is 0.243 e. The average molecular weight is 307 g/mol. The van der Waals surface area contributed by atoms with E-state index >= 15 is 0 Å². The van der Waals surface area contributed by atoms with Crippen molar-refractivity contribution < 1.29 is 8.42 Å². The number of aromatic nitrogens is 2. The van der Waals surface area contributed by atoms with Crippen molar-refractivity contribution >= 4 is 10.0 Å². The van der Waals surface area contributed by atoms with Crippen molar-refractivity contribution in [2.45, 2.75) is 38.1 Å². The second-order valence-corrected chi connectivity index (χ2v) is 6.63. The molecule has 0 atom stereocenters. The van der Waals surface area contributed by atoms with E-state index in [-0.39, 0.29) is 4.90 Å². The molecule has 2 rings (SSSR count). The Morgan fingerprint density at radius 2 is 1.95 bits per heavy atom. The van der Waals surface area contributed by atoms with E-state index in [0.717, 1.165) is 12.8 Å². The predicted octanol–water partition coefficient (Wildman–Crippen LogP) is 2.12. The monoisotopic (exact) mass is 307 g/mol. The maximum absolute atomic E-state index is 12.2. The van der Waals surface area contributed by atoms with E-state index in [0.29, 0.717) is 18.8 Å². The lowest BCUT2D eigenvalue weighted by Gasteiger charge is -2.07. The number of rotatable bonds is 7. The molecular weight excluding hydrogens is 286 g/mol. The summed E-state index contributed by atoms with van der Waals surface area (Å²) in [4.78, 5) is 0.268. The van der Waals surface area contributed by atoms with E-state index in [1.54, 1.807) is 11.6 Å². The van der Waals surface area contributed by atoms with Gasteiger partial charge in [-0.2, -0.15) is 5.10 Å². The molecule has 1 heterocycles. The molecule has 0 radical (unpaired) electrons. The van der Waals surface area contributed by atoms with Gasteiger partial charge in [-0.25, -0.2) is 13.1 Å². The van der Waals surface area contributed by atoms with Gasteiger partial charge in [0.2, 0.25) is 10.0 Å². The van der Waals surface area contributed by atoms with E-state index in [9.17, 15) is 8.42 Å². The van der Waals surface area contributed by atoms with Crippen molar-refractivity contribution in [3.63, 3.8) is 0 Å². The van der Waals surface area contributed by atoms with Gasteiger partial charge in [-0.15, -0.1) is 0 Å². The molecule has 0 amide bonds. The molecule has 5 nitrogen and oxygen atoms in total. The molecule has 6 heteroatoms. The molecule has 1 aromatic heterocycles. The second-order valence-electron chi connectivity index (χ2n) is 4.90. The fourth-order valence-electron chi connectivity index (χ4n) is 2.23. The summed E-state index contributed by atoms with van der Waals surface area (Å²) in [6.07, 6.45) is 3.04. The van der Waals surface area contributed by atoms with Gasteiger partial charge in [0, 0.05) is 13.1 Å². The Bertz CT molecular complexity index is 678. The van der Waals surface area contributed by atoms with Gasteiger partial charge >= 0.3 is 0 Å². The summed E-state index contributed by atoms with van der Waals surface area (Å²) in [5, 5.41) is 4.07. The first-order chi connectivity index (χ1) is 10.0. The van der Waals surface area contributed by atoms with E-state index < -0.39 is 10.0 Å². The van der Waals surface area contributed by atoms with Crippen LogP contribution in [0.3, 0.4) is 0 Å². The Labute approximate surface area is 126 Å². The first-order valence-electron chi connectivity index (χ1n) is 7.10. The van der Waals surface area contributed by atoms with Crippen LogP contribution in [0.1, 0.15) is 24.6 Å². The van der Waals surface area contributed by atoms with Crippen LogP contribution >= 0.6 is 0 Å². The minimum absolute atomic E-state index is 0.268. The summed E-state index contributed by atoms with van der Waals surface area (Å²) in [6.45, 7) is 4.79. The van der Waals surface area contributed by atoms with Crippen LogP contribution in [0.2, 0.25) is 0 Å². The van der Waals surface area contributed by atoms with Gasteiger partial charge in [-0.05, 0) is 32.3 Å². The van der Waals surface area contributed by atoms with Crippen LogP contribution in [-0.2, 0) is 23.0 Å². The highest BCUT2D eigenvalue weighted by molar-refractivity contribution is 7.89. The standard InChI is InChI=1S/C15H21N3O2S/c1-3-18-13(2)15(12-16-18)21(19,20)17-11-7-10-14-8-5-4-6-9-14/h4-6,8-9,12,17H,3,7,10-11H2,1-2H3. The molecule has 0 aliphatic heterocycles. The Morgan fingerprint density at radius 1 is 1.24 bits per heavy atom. The summed E-state index contributed by atoms with van der Waals surface area (Å²) in [5.74, 6) is 0. The van der Waals surface area contributed by atoms with Crippen molar-refractivity contribution in [3.05, 3.63) is 47.8 Å². The van der Waals surface area contributed by atoms with Crippen molar-refractivity contribution in [2.24, 2.45) is 0 Å². The van der Waals surface area contributed by atoms with Gasteiger partial charge in [0.25, 0.3) is 0 Å². The average Bonchev–Trinajstić information content (AvgIpc) is 2.86. The quantitative estimate of drug-likeness (QED) is 0.797. The van der Waals surface area contributed by atoms with Gasteiger partial charge in [-0.3, -0.25) is 4.68 Å².